The molecular weight excluding hydrogens is 258 g/mol. The van der Waals surface area contributed by atoms with E-state index in [9.17, 15) is 15.2 Å². The second kappa shape index (κ2) is 5.66. The summed E-state index contributed by atoms with van der Waals surface area (Å²) in [7, 11) is 0. The van der Waals surface area contributed by atoms with E-state index >= 15 is 0 Å². The molecule has 1 aliphatic rings. The Kier molecular flexibility index (Phi) is 4.13. The van der Waals surface area contributed by atoms with Crippen LogP contribution in [0.1, 0.15) is 32.6 Å². The highest BCUT2D eigenvalue weighted by Gasteiger charge is 2.35. The Hall–Kier alpha value is -1.82. The molecule has 0 aliphatic heterocycles. The molecule has 0 radical (unpaired) electrons. The number of nitrogens with zero attached hydrogens (tertiary/aromatic N) is 1. The van der Waals surface area contributed by atoms with Crippen molar-refractivity contribution in [1.82, 2.24) is 0 Å². The van der Waals surface area contributed by atoms with Crippen LogP contribution in [0.4, 0.5) is 17.1 Å². The van der Waals surface area contributed by atoms with Crippen molar-refractivity contribution >= 4 is 17.1 Å². The van der Waals surface area contributed by atoms with Crippen LogP contribution in [-0.4, -0.2) is 22.2 Å². The summed E-state index contributed by atoms with van der Waals surface area (Å²) in [5.74, 6) is 0.632. The van der Waals surface area contributed by atoms with Gasteiger partial charge in [0.25, 0.3) is 0 Å². The van der Waals surface area contributed by atoms with E-state index in [1.165, 1.54) is 6.07 Å². The van der Waals surface area contributed by atoms with Gasteiger partial charge < -0.3 is 16.2 Å². The summed E-state index contributed by atoms with van der Waals surface area (Å²) >= 11 is 0. The summed E-state index contributed by atoms with van der Waals surface area (Å²) < 4.78 is 0. The number of rotatable bonds is 4. The Morgan fingerprint density at radius 2 is 2.15 bits per heavy atom. The molecule has 1 fully saturated rings. The lowest BCUT2D eigenvalue weighted by Gasteiger charge is -2.39. The first-order valence-electron chi connectivity index (χ1n) is 6.89. The maximum atomic E-state index is 11.2. The standard InChI is InChI=1S/C14H21N3O3/c1-10-5-7-14(9-18,8-6-10)16-12-4-2-3-11(15)13(12)17(19)20/h2-4,10,16,18H,5-9,15H2,1H3. The van der Waals surface area contributed by atoms with Crippen LogP contribution in [0.5, 0.6) is 0 Å². The van der Waals surface area contributed by atoms with Crippen molar-refractivity contribution in [3.8, 4) is 0 Å². The fourth-order valence-corrected chi connectivity index (χ4v) is 2.79. The molecule has 1 aliphatic carbocycles. The maximum absolute atomic E-state index is 11.2. The molecule has 0 spiro atoms. The minimum absolute atomic E-state index is 0.0360. The predicted molar refractivity (Wildman–Crippen MR) is 78.6 cm³/mol. The third-order valence-electron chi connectivity index (χ3n) is 4.18. The second-order valence-corrected chi connectivity index (χ2v) is 5.75. The summed E-state index contributed by atoms with van der Waals surface area (Å²) in [5, 5.41) is 24.1. The van der Waals surface area contributed by atoms with Gasteiger partial charge in [-0.15, -0.1) is 0 Å². The molecular formula is C14H21N3O3. The van der Waals surface area contributed by atoms with E-state index in [1.54, 1.807) is 12.1 Å². The first-order chi connectivity index (χ1) is 9.47. The lowest BCUT2D eigenvalue weighted by molar-refractivity contribution is -0.383. The molecule has 0 heterocycles. The van der Waals surface area contributed by atoms with Gasteiger partial charge in [0.2, 0.25) is 0 Å². The van der Waals surface area contributed by atoms with Crippen LogP contribution in [0, 0.1) is 16.0 Å². The van der Waals surface area contributed by atoms with Crippen molar-refractivity contribution in [3.05, 3.63) is 28.3 Å². The van der Waals surface area contributed by atoms with E-state index < -0.39 is 10.5 Å². The van der Waals surface area contributed by atoms with Gasteiger partial charge in [0.15, 0.2) is 0 Å². The Labute approximate surface area is 118 Å². The van der Waals surface area contributed by atoms with Gasteiger partial charge in [0.1, 0.15) is 11.4 Å². The van der Waals surface area contributed by atoms with Crippen LogP contribution >= 0.6 is 0 Å². The number of nitrogens with one attached hydrogen (secondary N) is 1. The fraction of sp³-hybridized carbons (Fsp3) is 0.571. The minimum atomic E-state index is -0.481. The molecule has 0 aromatic heterocycles. The van der Waals surface area contributed by atoms with Crippen molar-refractivity contribution in [2.75, 3.05) is 17.7 Å². The van der Waals surface area contributed by atoms with Crippen LogP contribution in [0.3, 0.4) is 0 Å². The first-order valence-corrected chi connectivity index (χ1v) is 6.89. The van der Waals surface area contributed by atoms with Gasteiger partial charge in [-0.2, -0.15) is 0 Å². The Bertz CT molecular complexity index is 496. The summed E-state index contributed by atoms with van der Waals surface area (Å²) in [4.78, 5) is 10.7. The number of aliphatic hydroxyl groups excluding tert-OH is 1. The number of nitrogens with two attached hydrogens (primary N) is 1. The van der Waals surface area contributed by atoms with E-state index in [4.69, 9.17) is 5.73 Å². The minimum Gasteiger partial charge on any atom is -0.394 e. The average molecular weight is 279 g/mol. The third kappa shape index (κ3) is 2.85. The van der Waals surface area contributed by atoms with Crippen LogP contribution in [-0.2, 0) is 0 Å². The predicted octanol–water partition coefficient (Wildman–Crippen LogP) is 2.53. The van der Waals surface area contributed by atoms with Crippen molar-refractivity contribution in [3.63, 3.8) is 0 Å². The molecule has 0 saturated heterocycles. The summed E-state index contributed by atoms with van der Waals surface area (Å²) in [6.07, 6.45) is 3.61. The third-order valence-corrected chi connectivity index (χ3v) is 4.18. The molecule has 4 N–H and O–H groups in total. The number of benzene rings is 1. The molecule has 0 atom stereocenters. The topological polar surface area (TPSA) is 101 Å². The quantitative estimate of drug-likeness (QED) is 0.446. The van der Waals surface area contributed by atoms with Crippen molar-refractivity contribution in [2.45, 2.75) is 38.1 Å². The molecule has 20 heavy (non-hydrogen) atoms. The van der Waals surface area contributed by atoms with Gasteiger partial charge in [0, 0.05) is 0 Å². The number of nitro benzene ring substituents is 1. The fourth-order valence-electron chi connectivity index (χ4n) is 2.79. The second-order valence-electron chi connectivity index (χ2n) is 5.75. The summed E-state index contributed by atoms with van der Waals surface area (Å²) in [6, 6.07) is 4.84. The average Bonchev–Trinajstić information content (AvgIpc) is 2.41. The van der Waals surface area contributed by atoms with Gasteiger partial charge in [0.05, 0.1) is 17.1 Å². The molecule has 1 aromatic carbocycles. The molecule has 6 heteroatoms. The molecule has 0 amide bonds. The number of aliphatic hydroxyl groups is 1. The molecule has 0 bridgehead atoms. The van der Waals surface area contributed by atoms with Crippen molar-refractivity contribution in [2.24, 2.45) is 5.92 Å². The van der Waals surface area contributed by atoms with Gasteiger partial charge in [-0.1, -0.05) is 13.0 Å². The molecule has 1 saturated carbocycles. The van der Waals surface area contributed by atoms with E-state index in [0.717, 1.165) is 25.7 Å². The number of para-hydroxylation sites is 1. The van der Waals surface area contributed by atoms with E-state index in [-0.39, 0.29) is 18.0 Å². The smallest absolute Gasteiger partial charge is 0.314 e. The van der Waals surface area contributed by atoms with Crippen LogP contribution in [0.15, 0.2) is 18.2 Å². The molecule has 0 unspecified atom stereocenters. The molecule has 2 rings (SSSR count). The maximum Gasteiger partial charge on any atom is 0.314 e. The Balaban J connectivity index is 2.28. The summed E-state index contributed by atoms with van der Waals surface area (Å²) in [5.41, 5.74) is 5.62. The van der Waals surface area contributed by atoms with Gasteiger partial charge in [-0.05, 0) is 43.7 Å². The number of hydrogen-bond acceptors (Lipinski definition) is 5. The van der Waals surface area contributed by atoms with Crippen LogP contribution < -0.4 is 11.1 Å². The Morgan fingerprint density at radius 1 is 1.50 bits per heavy atom. The van der Waals surface area contributed by atoms with Crippen LogP contribution in [0.2, 0.25) is 0 Å². The zero-order valence-electron chi connectivity index (χ0n) is 11.6. The normalized spacial score (nSPS) is 26.2. The Morgan fingerprint density at radius 3 is 2.70 bits per heavy atom. The number of nitrogen functional groups attached to an aromatic ring is 1. The van der Waals surface area contributed by atoms with E-state index in [2.05, 4.69) is 12.2 Å². The lowest BCUT2D eigenvalue weighted by atomic mass is 9.77. The van der Waals surface area contributed by atoms with Gasteiger partial charge >= 0.3 is 5.69 Å². The summed E-state index contributed by atoms with van der Waals surface area (Å²) in [6.45, 7) is 2.15. The van der Waals surface area contributed by atoms with Gasteiger partial charge in [-0.25, -0.2) is 0 Å². The zero-order valence-corrected chi connectivity index (χ0v) is 11.6. The highest BCUT2D eigenvalue weighted by molar-refractivity contribution is 5.75. The SMILES string of the molecule is CC1CCC(CO)(Nc2cccc(N)c2[N+](=O)[O-])CC1. The monoisotopic (exact) mass is 279 g/mol. The van der Waals surface area contributed by atoms with Crippen molar-refractivity contribution < 1.29 is 10.0 Å². The zero-order chi connectivity index (χ0) is 14.8. The van der Waals surface area contributed by atoms with Crippen LogP contribution in [0.25, 0.3) is 0 Å². The molecule has 1 aromatic rings. The lowest BCUT2D eigenvalue weighted by Crippen LogP contribution is -2.45. The number of hydrogen-bond donors (Lipinski definition) is 3. The number of anilines is 2. The number of nitro groups is 1. The molecule has 6 nitrogen and oxygen atoms in total. The van der Waals surface area contributed by atoms with E-state index in [1.807, 2.05) is 0 Å². The van der Waals surface area contributed by atoms with E-state index in [0.29, 0.717) is 11.6 Å². The molecule has 110 valence electrons. The first kappa shape index (κ1) is 14.6. The largest absolute Gasteiger partial charge is 0.394 e. The van der Waals surface area contributed by atoms with Crippen molar-refractivity contribution in [1.29, 1.82) is 0 Å². The highest BCUT2D eigenvalue weighted by atomic mass is 16.6. The van der Waals surface area contributed by atoms with Gasteiger partial charge in [-0.3, -0.25) is 10.1 Å². The highest BCUT2D eigenvalue weighted by Crippen LogP contribution is 2.38.